The van der Waals surface area contributed by atoms with Crippen LogP contribution in [0.1, 0.15) is 31.2 Å². The Hall–Kier alpha value is -2.04. The van der Waals surface area contributed by atoms with Crippen molar-refractivity contribution >= 4 is 11.9 Å². The molecule has 0 bridgehead atoms. The van der Waals surface area contributed by atoms with Crippen LogP contribution in [-0.2, 0) is 9.59 Å². The van der Waals surface area contributed by atoms with Gasteiger partial charge in [0.15, 0.2) is 0 Å². The summed E-state index contributed by atoms with van der Waals surface area (Å²) in [5.74, 6) is -1.59. The fourth-order valence-electron chi connectivity index (χ4n) is 1.78. The Morgan fingerprint density at radius 1 is 1.28 bits per heavy atom. The first-order valence-electron chi connectivity index (χ1n) is 5.79. The van der Waals surface area contributed by atoms with E-state index in [1.165, 1.54) is 12.1 Å². The van der Waals surface area contributed by atoms with Crippen LogP contribution in [0, 0.1) is 0 Å². The molecule has 0 spiro atoms. The second kappa shape index (κ2) is 4.33. The molecule has 0 radical (unpaired) electrons. The molecule has 18 heavy (non-hydrogen) atoms. The van der Waals surface area contributed by atoms with Crippen molar-refractivity contribution in [1.82, 2.24) is 5.32 Å². The van der Waals surface area contributed by atoms with Gasteiger partial charge in [-0.1, -0.05) is 12.1 Å². The maximum Gasteiger partial charge on any atom is 0.329 e. The van der Waals surface area contributed by atoms with Crippen molar-refractivity contribution in [2.45, 2.75) is 31.2 Å². The summed E-state index contributed by atoms with van der Waals surface area (Å²) in [6, 6.07) is 6.31. The summed E-state index contributed by atoms with van der Waals surface area (Å²) in [6.45, 7) is 1.71. The zero-order valence-corrected chi connectivity index (χ0v) is 10.0. The lowest BCUT2D eigenvalue weighted by molar-refractivity contribution is -0.143. The van der Waals surface area contributed by atoms with Gasteiger partial charge in [-0.05, 0) is 37.5 Å². The van der Waals surface area contributed by atoms with E-state index >= 15 is 0 Å². The number of hydrogen-bond acceptors (Lipinski definition) is 3. The zero-order valence-electron chi connectivity index (χ0n) is 10.0. The first-order valence-corrected chi connectivity index (χ1v) is 5.79. The molecule has 1 amide bonds. The number of benzene rings is 1. The van der Waals surface area contributed by atoms with Crippen LogP contribution in [0.2, 0.25) is 0 Å². The molecule has 0 aromatic heterocycles. The van der Waals surface area contributed by atoms with Gasteiger partial charge < -0.3 is 15.5 Å². The normalized spacial score (nSPS) is 17.8. The van der Waals surface area contributed by atoms with Crippen molar-refractivity contribution in [3.63, 3.8) is 0 Å². The molecule has 1 aliphatic rings. The number of carbonyl (C=O) groups is 2. The third-order valence-corrected chi connectivity index (χ3v) is 3.31. The molecule has 1 saturated carbocycles. The molecular formula is C13H15NO4. The lowest BCUT2D eigenvalue weighted by atomic mass is 9.99. The molecule has 5 heteroatoms. The molecule has 1 fully saturated rings. The van der Waals surface area contributed by atoms with Gasteiger partial charge in [0.25, 0.3) is 0 Å². The van der Waals surface area contributed by atoms with Crippen LogP contribution in [0.15, 0.2) is 24.3 Å². The molecule has 1 aromatic rings. The Bertz CT molecular complexity index is 476. The van der Waals surface area contributed by atoms with Crippen molar-refractivity contribution in [3.05, 3.63) is 29.8 Å². The minimum absolute atomic E-state index is 0.135. The molecule has 1 atom stereocenters. The highest BCUT2D eigenvalue weighted by atomic mass is 16.4. The monoisotopic (exact) mass is 249 g/mol. The topological polar surface area (TPSA) is 86.6 Å². The van der Waals surface area contributed by atoms with Crippen molar-refractivity contribution < 1.29 is 19.8 Å². The maximum atomic E-state index is 12.0. The molecule has 2 rings (SSSR count). The molecule has 0 heterocycles. The third kappa shape index (κ3) is 2.30. The van der Waals surface area contributed by atoms with Gasteiger partial charge in [-0.2, -0.15) is 0 Å². The Morgan fingerprint density at radius 2 is 1.83 bits per heavy atom. The van der Waals surface area contributed by atoms with E-state index in [1.54, 1.807) is 19.1 Å². The van der Waals surface area contributed by atoms with Crippen LogP contribution >= 0.6 is 0 Å². The SMILES string of the molecule is C[C@H](C(=O)NC1(C(=O)O)CC1)c1ccc(O)cc1. The molecule has 5 nitrogen and oxygen atoms in total. The van der Waals surface area contributed by atoms with Crippen molar-refractivity contribution in [2.75, 3.05) is 0 Å². The van der Waals surface area contributed by atoms with Crippen LogP contribution in [0.5, 0.6) is 5.75 Å². The lowest BCUT2D eigenvalue weighted by Gasteiger charge is -2.17. The number of carboxylic acid groups (broad SMARTS) is 1. The van der Waals surface area contributed by atoms with E-state index in [1.807, 2.05) is 0 Å². The van der Waals surface area contributed by atoms with Crippen molar-refractivity contribution in [1.29, 1.82) is 0 Å². The number of nitrogens with one attached hydrogen (secondary N) is 1. The van der Waals surface area contributed by atoms with Crippen LogP contribution in [0.4, 0.5) is 0 Å². The van der Waals surface area contributed by atoms with E-state index < -0.39 is 17.4 Å². The van der Waals surface area contributed by atoms with Crippen LogP contribution < -0.4 is 5.32 Å². The van der Waals surface area contributed by atoms with E-state index in [4.69, 9.17) is 10.2 Å². The van der Waals surface area contributed by atoms with Crippen LogP contribution in [0.25, 0.3) is 0 Å². The Balaban J connectivity index is 2.05. The number of aromatic hydroxyl groups is 1. The Morgan fingerprint density at radius 3 is 2.28 bits per heavy atom. The average Bonchev–Trinajstić information content (AvgIpc) is 3.10. The predicted octanol–water partition coefficient (Wildman–Crippen LogP) is 1.23. The summed E-state index contributed by atoms with van der Waals surface area (Å²) in [5, 5.41) is 20.7. The fraction of sp³-hybridized carbons (Fsp3) is 0.385. The van der Waals surface area contributed by atoms with Gasteiger partial charge >= 0.3 is 5.97 Å². The summed E-state index contributed by atoms with van der Waals surface area (Å²) in [5.41, 5.74) is -0.311. The molecule has 1 aliphatic carbocycles. The number of phenolic OH excluding ortho intramolecular Hbond substituents is 1. The second-order valence-corrected chi connectivity index (χ2v) is 4.69. The van der Waals surface area contributed by atoms with E-state index in [2.05, 4.69) is 5.32 Å². The van der Waals surface area contributed by atoms with Gasteiger partial charge in [-0.25, -0.2) is 4.79 Å². The van der Waals surface area contributed by atoms with Crippen LogP contribution in [0.3, 0.4) is 0 Å². The summed E-state index contributed by atoms with van der Waals surface area (Å²) < 4.78 is 0. The van der Waals surface area contributed by atoms with E-state index in [-0.39, 0.29) is 11.7 Å². The molecule has 0 aliphatic heterocycles. The number of carboxylic acids is 1. The summed E-state index contributed by atoms with van der Waals surface area (Å²) in [4.78, 5) is 22.9. The van der Waals surface area contributed by atoms with Crippen molar-refractivity contribution in [3.8, 4) is 5.75 Å². The number of aliphatic carboxylic acids is 1. The number of hydrogen-bond donors (Lipinski definition) is 3. The van der Waals surface area contributed by atoms with Gasteiger partial charge in [0.2, 0.25) is 5.91 Å². The highest BCUT2D eigenvalue weighted by Gasteiger charge is 2.52. The number of phenols is 1. The Kier molecular flexibility index (Phi) is 2.98. The predicted molar refractivity (Wildman–Crippen MR) is 64.3 cm³/mol. The third-order valence-electron chi connectivity index (χ3n) is 3.31. The standard InChI is InChI=1S/C13H15NO4/c1-8(9-2-4-10(15)5-3-9)11(16)14-13(6-7-13)12(17)18/h2-5,8,15H,6-7H2,1H3,(H,14,16)(H,17,18)/t8-/m0/s1. The Labute approximate surface area is 104 Å². The molecule has 3 N–H and O–H groups in total. The second-order valence-electron chi connectivity index (χ2n) is 4.69. The minimum atomic E-state index is -1.05. The minimum Gasteiger partial charge on any atom is -0.508 e. The highest BCUT2D eigenvalue weighted by molar-refractivity contribution is 5.92. The molecular weight excluding hydrogens is 234 g/mol. The van der Waals surface area contributed by atoms with E-state index in [0.717, 1.165) is 5.56 Å². The first kappa shape index (κ1) is 12.4. The van der Waals surface area contributed by atoms with E-state index in [9.17, 15) is 9.59 Å². The number of carbonyl (C=O) groups excluding carboxylic acids is 1. The van der Waals surface area contributed by atoms with Gasteiger partial charge in [-0.3, -0.25) is 4.79 Å². The maximum absolute atomic E-state index is 12.0. The molecule has 0 unspecified atom stereocenters. The van der Waals surface area contributed by atoms with E-state index in [0.29, 0.717) is 12.8 Å². The van der Waals surface area contributed by atoms with Gasteiger partial charge in [0.05, 0.1) is 5.92 Å². The summed E-state index contributed by atoms with van der Waals surface area (Å²) in [7, 11) is 0. The number of amides is 1. The molecule has 1 aromatic carbocycles. The lowest BCUT2D eigenvalue weighted by Crippen LogP contribution is -2.44. The molecule has 96 valence electrons. The number of rotatable bonds is 4. The van der Waals surface area contributed by atoms with Crippen LogP contribution in [-0.4, -0.2) is 27.6 Å². The van der Waals surface area contributed by atoms with Gasteiger partial charge in [0.1, 0.15) is 11.3 Å². The zero-order chi connectivity index (χ0) is 13.3. The summed E-state index contributed by atoms with van der Waals surface area (Å²) >= 11 is 0. The van der Waals surface area contributed by atoms with Crippen molar-refractivity contribution in [2.24, 2.45) is 0 Å². The largest absolute Gasteiger partial charge is 0.508 e. The van der Waals surface area contributed by atoms with Gasteiger partial charge in [-0.15, -0.1) is 0 Å². The fourth-order valence-corrected chi connectivity index (χ4v) is 1.78. The average molecular weight is 249 g/mol. The highest BCUT2D eigenvalue weighted by Crippen LogP contribution is 2.36. The first-order chi connectivity index (χ1) is 8.44. The molecule has 0 saturated heterocycles. The quantitative estimate of drug-likeness (QED) is 0.749. The summed E-state index contributed by atoms with van der Waals surface area (Å²) in [6.07, 6.45) is 0.965. The smallest absolute Gasteiger partial charge is 0.329 e. The van der Waals surface area contributed by atoms with Gasteiger partial charge in [0, 0.05) is 0 Å².